The fourth-order valence-corrected chi connectivity index (χ4v) is 1.53. The molecule has 0 aliphatic heterocycles. The summed E-state index contributed by atoms with van der Waals surface area (Å²) in [5, 5.41) is 41.8. The van der Waals surface area contributed by atoms with Crippen LogP contribution in [0.25, 0.3) is 0 Å². The number of phenolic OH excluding ortho intramolecular Hbond substituents is 1. The molecule has 2 amide bonds. The number of aliphatic carboxylic acids is 2. The third-order valence-corrected chi connectivity index (χ3v) is 2.81. The molecule has 0 radical (unpaired) electrons. The van der Waals surface area contributed by atoms with Crippen LogP contribution >= 0.6 is 0 Å². The van der Waals surface area contributed by atoms with Crippen molar-refractivity contribution in [3.63, 3.8) is 0 Å². The standard InChI is InChI=1S/C14H23N3O5.C2H2O4/c1-21-10-17-14(20)16-7-6-15-8-12(19)9-22-13-4-2-11(18)3-5-13;3-1(4)2(5)6/h2-5,12,15,18-19H,6-10H2,1H3,(H2,16,17,20);(H,3,4)(H,5,6). The van der Waals surface area contributed by atoms with Crippen molar-refractivity contribution in [2.75, 3.05) is 40.1 Å². The third-order valence-electron chi connectivity index (χ3n) is 2.81. The third kappa shape index (κ3) is 14.1. The average molecular weight is 403 g/mol. The summed E-state index contributed by atoms with van der Waals surface area (Å²) >= 11 is 0. The summed E-state index contributed by atoms with van der Waals surface area (Å²) in [5.74, 6) is -2.91. The number of carboxylic acids is 2. The van der Waals surface area contributed by atoms with Crippen LogP contribution in [0.3, 0.4) is 0 Å². The fraction of sp³-hybridized carbons (Fsp3) is 0.438. The molecule has 0 fully saturated rings. The van der Waals surface area contributed by atoms with Crippen molar-refractivity contribution in [3.8, 4) is 11.5 Å². The first kappa shape index (κ1) is 24.9. The highest BCUT2D eigenvalue weighted by molar-refractivity contribution is 6.27. The zero-order chi connectivity index (χ0) is 21.4. The molecule has 1 aromatic carbocycles. The van der Waals surface area contributed by atoms with Gasteiger partial charge in [0.25, 0.3) is 0 Å². The summed E-state index contributed by atoms with van der Waals surface area (Å²) < 4.78 is 10.1. The van der Waals surface area contributed by atoms with Crippen molar-refractivity contribution >= 4 is 18.0 Å². The van der Waals surface area contributed by atoms with Crippen LogP contribution < -0.4 is 20.7 Å². The van der Waals surface area contributed by atoms with E-state index >= 15 is 0 Å². The Morgan fingerprint density at radius 3 is 2.18 bits per heavy atom. The minimum atomic E-state index is -1.82. The molecule has 28 heavy (non-hydrogen) atoms. The molecule has 0 heterocycles. The maximum absolute atomic E-state index is 11.2. The van der Waals surface area contributed by atoms with Gasteiger partial charge in [0, 0.05) is 26.7 Å². The number of ether oxygens (including phenoxy) is 2. The normalized spacial score (nSPS) is 10.8. The van der Waals surface area contributed by atoms with Crippen LogP contribution in [0.4, 0.5) is 4.79 Å². The van der Waals surface area contributed by atoms with Crippen LogP contribution in [0.15, 0.2) is 24.3 Å². The number of carboxylic acid groups (broad SMARTS) is 2. The van der Waals surface area contributed by atoms with Crippen LogP contribution in [0.5, 0.6) is 11.5 Å². The van der Waals surface area contributed by atoms with Gasteiger partial charge in [-0.15, -0.1) is 0 Å². The maximum atomic E-state index is 11.2. The molecule has 12 nitrogen and oxygen atoms in total. The quantitative estimate of drug-likeness (QED) is 0.142. The summed E-state index contributed by atoms with van der Waals surface area (Å²) in [5.41, 5.74) is 0. The summed E-state index contributed by atoms with van der Waals surface area (Å²) in [4.78, 5) is 29.4. The molecule has 1 unspecified atom stereocenters. The van der Waals surface area contributed by atoms with Gasteiger partial charge in [-0.3, -0.25) is 0 Å². The number of urea groups is 1. The van der Waals surface area contributed by atoms with Gasteiger partial charge in [-0.05, 0) is 24.3 Å². The topological polar surface area (TPSA) is 187 Å². The van der Waals surface area contributed by atoms with Gasteiger partial charge in [0.2, 0.25) is 0 Å². The Hall–Kier alpha value is -3.09. The predicted octanol–water partition coefficient (Wildman–Crippen LogP) is -1.22. The summed E-state index contributed by atoms with van der Waals surface area (Å²) in [7, 11) is 1.49. The highest BCUT2D eigenvalue weighted by Gasteiger charge is 2.05. The molecule has 7 N–H and O–H groups in total. The number of hydrogen-bond acceptors (Lipinski definition) is 8. The van der Waals surface area contributed by atoms with Gasteiger partial charge in [0.15, 0.2) is 0 Å². The van der Waals surface area contributed by atoms with Crippen molar-refractivity contribution in [1.82, 2.24) is 16.0 Å². The molecule has 0 aliphatic carbocycles. The first-order valence-corrected chi connectivity index (χ1v) is 8.03. The zero-order valence-corrected chi connectivity index (χ0v) is 15.3. The van der Waals surface area contributed by atoms with Crippen LogP contribution in [-0.4, -0.2) is 84.6 Å². The molecule has 0 aromatic heterocycles. The van der Waals surface area contributed by atoms with Crippen LogP contribution in [-0.2, 0) is 14.3 Å². The Bertz CT molecular complexity index is 584. The second kappa shape index (κ2) is 15.0. The summed E-state index contributed by atoms with van der Waals surface area (Å²) in [6.07, 6.45) is -0.670. The largest absolute Gasteiger partial charge is 0.508 e. The molecule has 0 spiro atoms. The minimum absolute atomic E-state index is 0.138. The van der Waals surface area contributed by atoms with Crippen molar-refractivity contribution in [2.24, 2.45) is 0 Å². The number of aliphatic hydroxyl groups is 1. The Kier molecular flexibility index (Phi) is 13.4. The van der Waals surface area contributed by atoms with E-state index in [1.54, 1.807) is 12.1 Å². The monoisotopic (exact) mass is 403 g/mol. The van der Waals surface area contributed by atoms with Gasteiger partial charge >= 0.3 is 18.0 Å². The predicted molar refractivity (Wildman–Crippen MR) is 96.2 cm³/mol. The minimum Gasteiger partial charge on any atom is -0.508 e. The van der Waals surface area contributed by atoms with E-state index in [0.29, 0.717) is 25.4 Å². The second-order valence-electron chi connectivity index (χ2n) is 5.14. The first-order chi connectivity index (χ1) is 13.3. The number of aromatic hydroxyl groups is 1. The molecule has 0 saturated carbocycles. The lowest BCUT2D eigenvalue weighted by Gasteiger charge is -2.13. The van der Waals surface area contributed by atoms with Crippen molar-refractivity contribution in [1.29, 1.82) is 0 Å². The number of rotatable bonds is 10. The van der Waals surface area contributed by atoms with E-state index in [9.17, 15) is 9.90 Å². The number of carbonyl (C=O) groups excluding carboxylic acids is 1. The van der Waals surface area contributed by atoms with Crippen molar-refractivity contribution < 1.29 is 44.3 Å². The van der Waals surface area contributed by atoms with Gasteiger partial charge in [0.05, 0.1) is 0 Å². The Balaban J connectivity index is 0.00000105. The smallest absolute Gasteiger partial charge is 0.414 e. The molecule has 0 aliphatic rings. The fourth-order valence-electron chi connectivity index (χ4n) is 1.53. The highest BCUT2D eigenvalue weighted by atomic mass is 16.5. The van der Waals surface area contributed by atoms with E-state index in [2.05, 4.69) is 16.0 Å². The molecule has 158 valence electrons. The summed E-state index contributed by atoms with van der Waals surface area (Å²) in [6, 6.07) is 5.97. The van der Waals surface area contributed by atoms with Crippen LogP contribution in [0.2, 0.25) is 0 Å². The van der Waals surface area contributed by atoms with Crippen LogP contribution in [0.1, 0.15) is 0 Å². The number of methoxy groups -OCH3 is 1. The van der Waals surface area contributed by atoms with E-state index in [-0.39, 0.29) is 25.1 Å². The van der Waals surface area contributed by atoms with Gasteiger partial charge < -0.3 is 45.9 Å². The Morgan fingerprint density at radius 1 is 1.04 bits per heavy atom. The van der Waals surface area contributed by atoms with Gasteiger partial charge in [-0.2, -0.15) is 0 Å². The molecular formula is C16H25N3O9. The van der Waals surface area contributed by atoms with E-state index in [0.717, 1.165) is 0 Å². The second-order valence-corrected chi connectivity index (χ2v) is 5.14. The molecule has 0 saturated heterocycles. The van der Waals surface area contributed by atoms with E-state index in [1.807, 2.05) is 0 Å². The van der Waals surface area contributed by atoms with E-state index in [4.69, 9.17) is 34.4 Å². The highest BCUT2D eigenvalue weighted by Crippen LogP contribution is 2.15. The Labute approximate surface area is 161 Å². The molecule has 1 rings (SSSR count). The van der Waals surface area contributed by atoms with Gasteiger partial charge in [-0.25, -0.2) is 14.4 Å². The number of phenols is 1. The number of hydrogen-bond donors (Lipinski definition) is 7. The van der Waals surface area contributed by atoms with Gasteiger partial charge in [0.1, 0.15) is 30.9 Å². The number of amides is 2. The first-order valence-electron chi connectivity index (χ1n) is 8.03. The van der Waals surface area contributed by atoms with Crippen molar-refractivity contribution in [2.45, 2.75) is 6.10 Å². The molecule has 1 aromatic rings. The SMILES string of the molecule is COCNC(=O)NCCNCC(O)COc1ccc(O)cc1.O=C(O)C(=O)O. The van der Waals surface area contributed by atoms with Crippen LogP contribution in [0, 0.1) is 0 Å². The van der Waals surface area contributed by atoms with E-state index < -0.39 is 18.0 Å². The van der Waals surface area contributed by atoms with Gasteiger partial charge in [-0.1, -0.05) is 0 Å². The Morgan fingerprint density at radius 2 is 1.64 bits per heavy atom. The number of carbonyl (C=O) groups is 3. The average Bonchev–Trinajstić information content (AvgIpc) is 2.66. The number of aliphatic hydroxyl groups excluding tert-OH is 1. The molecule has 0 bridgehead atoms. The molecular weight excluding hydrogens is 378 g/mol. The van der Waals surface area contributed by atoms with Crippen molar-refractivity contribution in [3.05, 3.63) is 24.3 Å². The number of benzene rings is 1. The lowest BCUT2D eigenvalue weighted by Crippen LogP contribution is -2.41. The zero-order valence-electron chi connectivity index (χ0n) is 15.3. The molecule has 1 atom stereocenters. The summed E-state index contributed by atoms with van der Waals surface area (Å²) in [6.45, 7) is 1.60. The molecule has 12 heteroatoms. The lowest BCUT2D eigenvalue weighted by atomic mass is 10.3. The number of nitrogens with one attached hydrogen (secondary N) is 3. The maximum Gasteiger partial charge on any atom is 0.414 e. The lowest BCUT2D eigenvalue weighted by molar-refractivity contribution is -0.159. The van der Waals surface area contributed by atoms with E-state index in [1.165, 1.54) is 19.2 Å².